The third-order valence-corrected chi connectivity index (χ3v) is 3.28. The van der Waals surface area contributed by atoms with E-state index in [2.05, 4.69) is 9.97 Å². The van der Waals surface area contributed by atoms with E-state index in [0.29, 0.717) is 5.95 Å². The number of hydrogen-bond acceptors (Lipinski definition) is 4. The van der Waals surface area contributed by atoms with E-state index in [1.807, 2.05) is 18.7 Å². The van der Waals surface area contributed by atoms with Crippen LogP contribution in [0, 0.1) is 6.92 Å². The predicted molar refractivity (Wildman–Crippen MR) is 55.9 cm³/mol. The van der Waals surface area contributed by atoms with E-state index < -0.39 is 0 Å². The average molecular weight is 195 g/mol. The van der Waals surface area contributed by atoms with Crippen molar-refractivity contribution in [2.45, 2.75) is 19.8 Å². The summed E-state index contributed by atoms with van der Waals surface area (Å²) in [5, 5.41) is 0. The van der Waals surface area contributed by atoms with Gasteiger partial charge in [-0.05, 0) is 36.8 Å². The summed E-state index contributed by atoms with van der Waals surface area (Å²) in [4.78, 5) is 8.47. The molecule has 1 aromatic rings. The Hall–Kier alpha value is -0.770. The smallest absolute Gasteiger partial charge is 0.220 e. The molecule has 1 aliphatic rings. The number of hydrogen-bond donors (Lipinski definition) is 1. The topological polar surface area (TPSA) is 51.8 Å². The summed E-state index contributed by atoms with van der Waals surface area (Å²) < 4.78 is 0. The van der Waals surface area contributed by atoms with E-state index in [4.69, 9.17) is 5.73 Å². The molecule has 0 aromatic carbocycles. The van der Waals surface area contributed by atoms with Crippen molar-refractivity contribution in [3.63, 3.8) is 0 Å². The standard InChI is InChI=1S/C9H13N3S/c1-6-7-2-4-13-5-3-8(7)12-9(10)11-6/h2-5H2,1H3,(H2,10,11,12). The lowest BCUT2D eigenvalue weighted by molar-refractivity contribution is 0.935. The number of anilines is 1. The van der Waals surface area contributed by atoms with Gasteiger partial charge in [0, 0.05) is 5.69 Å². The highest BCUT2D eigenvalue weighted by Crippen LogP contribution is 2.20. The van der Waals surface area contributed by atoms with Crippen LogP contribution >= 0.6 is 11.8 Å². The summed E-state index contributed by atoms with van der Waals surface area (Å²) in [6.45, 7) is 2.02. The number of aromatic nitrogens is 2. The van der Waals surface area contributed by atoms with Gasteiger partial charge in [0.15, 0.2) is 0 Å². The number of nitrogens with two attached hydrogens (primary N) is 1. The van der Waals surface area contributed by atoms with Crippen LogP contribution in [0.3, 0.4) is 0 Å². The zero-order chi connectivity index (χ0) is 9.26. The Morgan fingerprint density at radius 2 is 2.00 bits per heavy atom. The molecule has 0 radical (unpaired) electrons. The largest absolute Gasteiger partial charge is 0.368 e. The summed E-state index contributed by atoms with van der Waals surface area (Å²) in [5.41, 5.74) is 9.15. The molecule has 0 amide bonds. The van der Waals surface area contributed by atoms with Crippen molar-refractivity contribution in [2.24, 2.45) is 0 Å². The molecule has 0 atom stereocenters. The molecule has 4 heteroatoms. The van der Waals surface area contributed by atoms with Crippen molar-refractivity contribution in [1.82, 2.24) is 9.97 Å². The molecule has 13 heavy (non-hydrogen) atoms. The first-order valence-electron chi connectivity index (χ1n) is 4.47. The third-order valence-electron chi connectivity index (χ3n) is 2.30. The zero-order valence-electron chi connectivity index (χ0n) is 7.71. The molecule has 0 bridgehead atoms. The maximum absolute atomic E-state index is 5.60. The van der Waals surface area contributed by atoms with Gasteiger partial charge in [-0.2, -0.15) is 11.8 Å². The minimum absolute atomic E-state index is 0.420. The van der Waals surface area contributed by atoms with Crippen molar-refractivity contribution in [1.29, 1.82) is 0 Å². The Morgan fingerprint density at radius 1 is 1.23 bits per heavy atom. The van der Waals surface area contributed by atoms with Gasteiger partial charge < -0.3 is 5.73 Å². The molecule has 3 nitrogen and oxygen atoms in total. The number of aryl methyl sites for hydroxylation is 2. The van der Waals surface area contributed by atoms with Gasteiger partial charge in [0.05, 0.1) is 5.69 Å². The van der Waals surface area contributed by atoms with Gasteiger partial charge in [-0.25, -0.2) is 9.97 Å². The van der Waals surface area contributed by atoms with Crippen molar-refractivity contribution in [3.05, 3.63) is 17.0 Å². The summed E-state index contributed by atoms with van der Waals surface area (Å²) in [7, 11) is 0. The van der Waals surface area contributed by atoms with Crippen molar-refractivity contribution >= 4 is 17.7 Å². The van der Waals surface area contributed by atoms with Crippen LogP contribution in [0.5, 0.6) is 0 Å². The molecule has 0 saturated carbocycles. The van der Waals surface area contributed by atoms with E-state index in [0.717, 1.165) is 30.0 Å². The second-order valence-corrected chi connectivity index (χ2v) is 4.43. The lowest BCUT2D eigenvalue weighted by Crippen LogP contribution is -2.06. The highest BCUT2D eigenvalue weighted by molar-refractivity contribution is 7.99. The van der Waals surface area contributed by atoms with Crippen molar-refractivity contribution in [2.75, 3.05) is 17.2 Å². The first-order valence-corrected chi connectivity index (χ1v) is 5.62. The molecular formula is C9H13N3S. The van der Waals surface area contributed by atoms with E-state index in [1.165, 1.54) is 11.3 Å². The van der Waals surface area contributed by atoms with Gasteiger partial charge in [-0.15, -0.1) is 0 Å². The molecule has 70 valence electrons. The Balaban J connectivity index is 2.47. The second-order valence-electron chi connectivity index (χ2n) is 3.20. The quantitative estimate of drug-likeness (QED) is 0.676. The first kappa shape index (κ1) is 8.81. The van der Waals surface area contributed by atoms with Crippen LogP contribution in [0.4, 0.5) is 5.95 Å². The molecule has 2 rings (SSSR count). The molecule has 0 aliphatic carbocycles. The van der Waals surface area contributed by atoms with Gasteiger partial charge >= 0.3 is 0 Å². The molecule has 2 N–H and O–H groups in total. The fraction of sp³-hybridized carbons (Fsp3) is 0.556. The number of fused-ring (bicyclic) bond motifs is 1. The molecule has 0 fully saturated rings. The lowest BCUT2D eigenvalue weighted by Gasteiger charge is -2.07. The monoisotopic (exact) mass is 195 g/mol. The van der Waals surface area contributed by atoms with Crippen LogP contribution in [0.1, 0.15) is 17.0 Å². The number of nitrogens with zero attached hydrogens (tertiary/aromatic N) is 2. The predicted octanol–water partition coefficient (Wildman–Crippen LogP) is 1.20. The second kappa shape index (κ2) is 3.54. The summed E-state index contributed by atoms with van der Waals surface area (Å²) in [6, 6.07) is 0. The normalized spacial score (nSPS) is 16.4. The van der Waals surface area contributed by atoms with Crippen LogP contribution in [0.2, 0.25) is 0 Å². The van der Waals surface area contributed by atoms with Gasteiger partial charge in [0.1, 0.15) is 0 Å². The molecule has 2 heterocycles. The van der Waals surface area contributed by atoms with Crippen LogP contribution in [0.15, 0.2) is 0 Å². The lowest BCUT2D eigenvalue weighted by atomic mass is 10.1. The minimum Gasteiger partial charge on any atom is -0.368 e. The van der Waals surface area contributed by atoms with Gasteiger partial charge in [0.2, 0.25) is 5.95 Å². The molecule has 0 saturated heterocycles. The van der Waals surface area contributed by atoms with E-state index in [9.17, 15) is 0 Å². The van der Waals surface area contributed by atoms with Crippen molar-refractivity contribution < 1.29 is 0 Å². The molecule has 0 unspecified atom stereocenters. The molecule has 0 spiro atoms. The maximum atomic E-state index is 5.60. The Labute approximate surface area is 82.2 Å². The SMILES string of the molecule is Cc1nc(N)nc2c1CCSCC2. The fourth-order valence-corrected chi connectivity index (χ4v) is 2.55. The van der Waals surface area contributed by atoms with E-state index in [1.54, 1.807) is 0 Å². The van der Waals surface area contributed by atoms with Gasteiger partial charge in [-0.3, -0.25) is 0 Å². The van der Waals surface area contributed by atoms with Gasteiger partial charge in [-0.1, -0.05) is 0 Å². The van der Waals surface area contributed by atoms with Crippen molar-refractivity contribution in [3.8, 4) is 0 Å². The Morgan fingerprint density at radius 3 is 2.85 bits per heavy atom. The highest BCUT2D eigenvalue weighted by Gasteiger charge is 2.13. The number of thioether (sulfide) groups is 1. The van der Waals surface area contributed by atoms with Crippen LogP contribution in [-0.4, -0.2) is 21.5 Å². The number of rotatable bonds is 0. The number of nitrogen functional groups attached to an aromatic ring is 1. The minimum atomic E-state index is 0.420. The Kier molecular flexibility index (Phi) is 2.40. The summed E-state index contributed by atoms with van der Waals surface area (Å²) in [6.07, 6.45) is 2.12. The highest BCUT2D eigenvalue weighted by atomic mass is 32.2. The molecule has 1 aromatic heterocycles. The third kappa shape index (κ3) is 1.77. The van der Waals surface area contributed by atoms with E-state index >= 15 is 0 Å². The maximum Gasteiger partial charge on any atom is 0.220 e. The first-order chi connectivity index (χ1) is 6.27. The van der Waals surface area contributed by atoms with E-state index in [-0.39, 0.29) is 0 Å². The Bertz CT molecular complexity index is 325. The summed E-state index contributed by atoms with van der Waals surface area (Å²) in [5.74, 6) is 2.76. The van der Waals surface area contributed by atoms with Crippen LogP contribution in [0.25, 0.3) is 0 Å². The van der Waals surface area contributed by atoms with Gasteiger partial charge in [0.25, 0.3) is 0 Å². The molecule has 1 aliphatic heterocycles. The fourth-order valence-electron chi connectivity index (χ4n) is 1.66. The average Bonchev–Trinajstić information content (AvgIpc) is 2.28. The summed E-state index contributed by atoms with van der Waals surface area (Å²) >= 11 is 1.98. The van der Waals surface area contributed by atoms with Crippen LogP contribution < -0.4 is 5.73 Å². The van der Waals surface area contributed by atoms with Crippen LogP contribution in [-0.2, 0) is 12.8 Å². The molecular weight excluding hydrogens is 182 g/mol. The zero-order valence-corrected chi connectivity index (χ0v) is 8.52.